The Morgan fingerprint density at radius 3 is 2.11 bits per heavy atom. The molecule has 1 aromatic carbocycles. The number of ether oxygens (including phenoxy) is 4. The fourth-order valence-corrected chi connectivity index (χ4v) is 4.95. The quantitative estimate of drug-likeness (QED) is 0.228. The number of thioether (sulfide) groups is 1. The summed E-state index contributed by atoms with van der Waals surface area (Å²) in [5, 5.41) is 0.320. The van der Waals surface area contributed by atoms with Crippen LogP contribution in [0.1, 0.15) is 43.7 Å². The highest BCUT2D eigenvalue weighted by Gasteiger charge is 2.50. The van der Waals surface area contributed by atoms with Crippen molar-refractivity contribution in [3.63, 3.8) is 0 Å². The predicted octanol–water partition coefficient (Wildman–Crippen LogP) is 2.90. The van der Waals surface area contributed by atoms with Crippen LogP contribution in [0.4, 0.5) is 0 Å². The van der Waals surface area contributed by atoms with Crippen molar-refractivity contribution >= 4 is 35.5 Å². The van der Waals surface area contributed by atoms with Gasteiger partial charge in [-0.2, -0.15) is 0 Å². The Hall–Kier alpha value is -3.31. The van der Waals surface area contributed by atoms with Crippen molar-refractivity contribution in [1.29, 1.82) is 0 Å². The molecule has 1 aromatic heterocycles. The van der Waals surface area contributed by atoms with Crippen LogP contribution >= 0.6 is 11.8 Å². The van der Waals surface area contributed by atoms with Crippen LogP contribution in [0.25, 0.3) is 11.4 Å². The predicted molar refractivity (Wildman–Crippen MR) is 124 cm³/mol. The van der Waals surface area contributed by atoms with Crippen molar-refractivity contribution in [2.75, 3.05) is 6.61 Å². The summed E-state index contributed by atoms with van der Waals surface area (Å²) in [6.07, 6.45) is -2.98. The van der Waals surface area contributed by atoms with E-state index in [0.29, 0.717) is 22.1 Å². The van der Waals surface area contributed by atoms with Crippen LogP contribution < -0.4 is 0 Å². The number of aromatic nitrogens is 2. The number of carbonyl (C=O) groups excluding carboxylic acids is 4. The van der Waals surface area contributed by atoms with Gasteiger partial charge >= 0.3 is 17.9 Å². The summed E-state index contributed by atoms with van der Waals surface area (Å²) in [7, 11) is 0. The minimum absolute atomic E-state index is 0.222. The molecule has 2 heterocycles. The van der Waals surface area contributed by atoms with Crippen molar-refractivity contribution in [2.45, 2.75) is 63.4 Å². The molecule has 4 atom stereocenters. The second-order valence-corrected chi connectivity index (χ2v) is 8.93. The van der Waals surface area contributed by atoms with Gasteiger partial charge in [0.1, 0.15) is 17.7 Å². The van der Waals surface area contributed by atoms with Gasteiger partial charge in [-0.25, -0.2) is 9.97 Å². The van der Waals surface area contributed by atoms with Gasteiger partial charge in [-0.15, -0.1) is 0 Å². The molecule has 3 rings (SSSR count). The second-order valence-electron chi connectivity index (χ2n) is 7.85. The molecule has 0 N–H and O–H groups in total. The maximum atomic E-state index is 12.5. The number of esters is 3. The third-order valence-corrected chi connectivity index (χ3v) is 6.12. The molecule has 1 saturated heterocycles. The maximum absolute atomic E-state index is 12.5. The Bertz CT molecular complexity index is 1120. The van der Waals surface area contributed by atoms with Crippen molar-refractivity contribution in [2.24, 2.45) is 0 Å². The third kappa shape index (κ3) is 6.64. The van der Waals surface area contributed by atoms with Gasteiger partial charge in [-0.3, -0.25) is 19.2 Å². The molecule has 186 valence electrons. The monoisotopic (exact) mass is 502 g/mol. The number of rotatable bonds is 8. The molecule has 0 unspecified atom stereocenters. The van der Waals surface area contributed by atoms with Gasteiger partial charge < -0.3 is 18.9 Å². The van der Waals surface area contributed by atoms with E-state index in [9.17, 15) is 19.2 Å². The number of Topliss-reactive ketones (excluding diaryl/α,β-unsaturated/α-hetero) is 1. The Morgan fingerprint density at radius 1 is 0.914 bits per heavy atom. The molecular formula is C24H26N2O8S. The lowest BCUT2D eigenvalue weighted by atomic mass is 10.1. The summed E-state index contributed by atoms with van der Waals surface area (Å²) in [4.78, 5) is 56.6. The molecule has 1 aliphatic rings. The van der Waals surface area contributed by atoms with Gasteiger partial charge in [-0.05, 0) is 13.8 Å². The first-order valence-electron chi connectivity index (χ1n) is 10.8. The molecule has 35 heavy (non-hydrogen) atoms. The molecule has 0 amide bonds. The summed E-state index contributed by atoms with van der Waals surface area (Å²) in [5.41, 5.74) is 0.609. The fourth-order valence-electron chi connectivity index (χ4n) is 3.63. The Morgan fingerprint density at radius 2 is 1.54 bits per heavy atom. The van der Waals surface area contributed by atoms with E-state index in [1.165, 1.54) is 27.7 Å². The van der Waals surface area contributed by atoms with E-state index in [1.54, 1.807) is 6.92 Å². The zero-order valence-corrected chi connectivity index (χ0v) is 20.8. The first-order chi connectivity index (χ1) is 16.6. The first kappa shape index (κ1) is 26.3. The summed E-state index contributed by atoms with van der Waals surface area (Å²) >= 11 is 1.04. The van der Waals surface area contributed by atoms with Crippen molar-refractivity contribution < 1.29 is 38.1 Å². The van der Waals surface area contributed by atoms with E-state index in [4.69, 9.17) is 18.9 Å². The second kappa shape index (κ2) is 11.4. The molecule has 2 aromatic rings. The van der Waals surface area contributed by atoms with Crippen LogP contribution in [-0.4, -0.2) is 64.0 Å². The normalized spacial score (nSPS) is 21.3. The SMILES string of the molecule is CC(=O)OC[C@H]1O[C@@H](Sc2nc(-c3ccccc3)nc(C)c2C(C)=O)[C@H](OC(C)=O)[C@@H]1OC(C)=O. The zero-order chi connectivity index (χ0) is 25.7. The highest BCUT2D eigenvalue weighted by Crippen LogP contribution is 2.39. The van der Waals surface area contributed by atoms with Crippen LogP contribution in [-0.2, 0) is 33.3 Å². The number of ketones is 1. The standard InChI is InChI=1S/C24H26N2O8S/c1-12-19(13(2)27)23(26-22(25-12)17-9-7-6-8-10-17)35-24-21(33-16(5)30)20(32-15(4)29)18(34-24)11-31-14(3)28/h6-10,18,20-21,24H,11H2,1-5H3/t18-,20-,21-,24+/m1/s1. The average Bonchev–Trinajstić information content (AvgIpc) is 3.07. The molecule has 0 bridgehead atoms. The van der Waals surface area contributed by atoms with Gasteiger partial charge in [0.25, 0.3) is 0 Å². The summed E-state index contributed by atoms with van der Waals surface area (Å²) in [6.45, 7) is 6.55. The minimum Gasteiger partial charge on any atom is -0.463 e. The summed E-state index contributed by atoms with van der Waals surface area (Å²) in [5.74, 6) is -1.63. The zero-order valence-electron chi connectivity index (χ0n) is 20.0. The number of hydrogen-bond acceptors (Lipinski definition) is 11. The minimum atomic E-state index is -1.04. The number of carbonyl (C=O) groups is 4. The van der Waals surface area contributed by atoms with E-state index in [-0.39, 0.29) is 12.4 Å². The number of hydrogen-bond donors (Lipinski definition) is 0. The molecular weight excluding hydrogens is 476 g/mol. The molecule has 11 heteroatoms. The number of nitrogens with zero attached hydrogens (tertiary/aromatic N) is 2. The summed E-state index contributed by atoms with van der Waals surface area (Å²) in [6, 6.07) is 9.25. The Balaban J connectivity index is 2.02. The van der Waals surface area contributed by atoms with Gasteiger partial charge in [0, 0.05) is 26.3 Å². The van der Waals surface area contributed by atoms with Gasteiger partial charge in [-0.1, -0.05) is 42.1 Å². The summed E-state index contributed by atoms with van der Waals surface area (Å²) < 4.78 is 21.9. The third-order valence-electron chi connectivity index (χ3n) is 4.99. The molecule has 10 nitrogen and oxygen atoms in total. The topological polar surface area (TPSA) is 131 Å². The number of aryl methyl sites for hydroxylation is 1. The van der Waals surface area contributed by atoms with Gasteiger partial charge in [0.05, 0.1) is 11.3 Å². The maximum Gasteiger partial charge on any atom is 0.303 e. The van der Waals surface area contributed by atoms with Crippen LogP contribution in [0, 0.1) is 6.92 Å². The van der Waals surface area contributed by atoms with E-state index < -0.39 is 41.7 Å². The molecule has 0 saturated carbocycles. The van der Waals surface area contributed by atoms with E-state index in [1.807, 2.05) is 30.3 Å². The highest BCUT2D eigenvalue weighted by atomic mass is 32.2. The Labute approximate surface area is 206 Å². The molecule has 0 radical (unpaired) electrons. The van der Waals surface area contributed by atoms with Crippen LogP contribution in [0.3, 0.4) is 0 Å². The largest absolute Gasteiger partial charge is 0.463 e. The van der Waals surface area contributed by atoms with Crippen molar-refractivity contribution in [3.8, 4) is 11.4 Å². The fraction of sp³-hybridized carbons (Fsp3) is 0.417. The molecule has 1 fully saturated rings. The Kier molecular flexibility index (Phi) is 8.57. The lowest BCUT2D eigenvalue weighted by Crippen LogP contribution is -2.40. The van der Waals surface area contributed by atoms with Gasteiger partial charge in [0.15, 0.2) is 29.3 Å². The average molecular weight is 503 g/mol. The van der Waals surface area contributed by atoms with Crippen molar-refractivity contribution in [1.82, 2.24) is 9.97 Å². The van der Waals surface area contributed by atoms with Crippen molar-refractivity contribution in [3.05, 3.63) is 41.6 Å². The first-order valence-corrected chi connectivity index (χ1v) is 11.7. The van der Waals surface area contributed by atoms with E-state index in [2.05, 4.69) is 9.97 Å². The van der Waals surface area contributed by atoms with Crippen LogP contribution in [0.5, 0.6) is 0 Å². The molecule has 0 aliphatic carbocycles. The lowest BCUT2D eigenvalue weighted by molar-refractivity contribution is -0.165. The lowest BCUT2D eigenvalue weighted by Gasteiger charge is -2.23. The van der Waals surface area contributed by atoms with Gasteiger partial charge in [0.2, 0.25) is 0 Å². The smallest absolute Gasteiger partial charge is 0.303 e. The van der Waals surface area contributed by atoms with Crippen LogP contribution in [0.2, 0.25) is 0 Å². The number of benzene rings is 1. The molecule has 1 aliphatic heterocycles. The molecule has 0 spiro atoms. The highest BCUT2D eigenvalue weighted by molar-refractivity contribution is 7.99. The van der Waals surface area contributed by atoms with E-state index in [0.717, 1.165) is 17.3 Å². The van der Waals surface area contributed by atoms with Crippen LogP contribution in [0.15, 0.2) is 35.4 Å². The van der Waals surface area contributed by atoms with E-state index >= 15 is 0 Å².